The Morgan fingerprint density at radius 3 is 2.71 bits per heavy atom. The van der Waals surface area contributed by atoms with Crippen molar-refractivity contribution in [2.24, 2.45) is 11.8 Å². The molecule has 1 heterocycles. The van der Waals surface area contributed by atoms with Gasteiger partial charge in [0, 0.05) is 6.54 Å². The van der Waals surface area contributed by atoms with Gasteiger partial charge in [0.15, 0.2) is 0 Å². The molecule has 112 valence electrons. The van der Waals surface area contributed by atoms with E-state index in [1.807, 2.05) is 0 Å². The molecule has 3 unspecified atom stereocenters. The van der Waals surface area contributed by atoms with Crippen LogP contribution >= 0.6 is 0 Å². The Morgan fingerprint density at radius 1 is 1.24 bits per heavy atom. The van der Waals surface area contributed by atoms with Crippen LogP contribution in [0.4, 0.5) is 0 Å². The van der Waals surface area contributed by atoms with Gasteiger partial charge >= 0.3 is 5.97 Å². The van der Waals surface area contributed by atoms with Crippen molar-refractivity contribution >= 4 is 11.9 Å². The van der Waals surface area contributed by atoms with Gasteiger partial charge in [-0.1, -0.05) is 18.6 Å². The molecule has 0 spiro atoms. The maximum absolute atomic E-state index is 12.3. The summed E-state index contributed by atoms with van der Waals surface area (Å²) in [5.74, 6) is 0.273. The Bertz CT molecular complexity index is 541. The van der Waals surface area contributed by atoms with Gasteiger partial charge in [0.1, 0.15) is 0 Å². The third kappa shape index (κ3) is 2.93. The molecule has 1 aliphatic heterocycles. The highest BCUT2D eigenvalue weighted by Gasteiger charge is 2.42. The van der Waals surface area contributed by atoms with Gasteiger partial charge in [0.05, 0.1) is 11.6 Å². The van der Waals surface area contributed by atoms with Gasteiger partial charge in [-0.25, -0.2) is 4.79 Å². The van der Waals surface area contributed by atoms with E-state index in [4.69, 9.17) is 5.11 Å². The minimum atomic E-state index is -0.937. The van der Waals surface area contributed by atoms with E-state index < -0.39 is 5.97 Å². The number of carboxylic acids is 1. The van der Waals surface area contributed by atoms with E-state index >= 15 is 0 Å². The fourth-order valence-corrected chi connectivity index (χ4v) is 3.54. The SMILES string of the molecule is O=C(O)c1ccc(CNC(=O)C2NCC3CCCC32)cc1. The standard InChI is InChI=1S/C16H20N2O3/c19-15(14-13-3-1-2-12(13)9-17-14)18-8-10-4-6-11(7-5-10)16(20)21/h4-7,12-14,17H,1-3,8-9H2,(H,18,19)(H,20,21). The molecular formula is C16H20N2O3. The minimum absolute atomic E-state index is 0.0595. The number of fused-ring (bicyclic) bond motifs is 1. The number of amides is 1. The van der Waals surface area contributed by atoms with Crippen molar-refractivity contribution < 1.29 is 14.7 Å². The summed E-state index contributed by atoms with van der Waals surface area (Å²) in [6.45, 7) is 1.39. The first-order valence-electron chi connectivity index (χ1n) is 7.48. The van der Waals surface area contributed by atoms with E-state index in [1.165, 1.54) is 12.8 Å². The Labute approximate surface area is 123 Å². The quantitative estimate of drug-likeness (QED) is 0.782. The smallest absolute Gasteiger partial charge is 0.335 e. The van der Waals surface area contributed by atoms with Crippen molar-refractivity contribution in [2.75, 3.05) is 6.54 Å². The molecule has 1 aliphatic carbocycles. The molecule has 21 heavy (non-hydrogen) atoms. The van der Waals surface area contributed by atoms with Crippen molar-refractivity contribution in [3.63, 3.8) is 0 Å². The van der Waals surface area contributed by atoms with Gasteiger partial charge in [0.25, 0.3) is 0 Å². The molecule has 1 saturated carbocycles. The highest BCUT2D eigenvalue weighted by atomic mass is 16.4. The van der Waals surface area contributed by atoms with Crippen molar-refractivity contribution in [3.05, 3.63) is 35.4 Å². The van der Waals surface area contributed by atoms with Gasteiger partial charge < -0.3 is 15.7 Å². The van der Waals surface area contributed by atoms with Crippen LogP contribution in [-0.2, 0) is 11.3 Å². The van der Waals surface area contributed by atoms with Crippen LogP contribution < -0.4 is 10.6 Å². The zero-order chi connectivity index (χ0) is 14.8. The number of benzene rings is 1. The molecule has 5 nitrogen and oxygen atoms in total. The Hall–Kier alpha value is -1.88. The summed E-state index contributed by atoms with van der Waals surface area (Å²) in [6.07, 6.45) is 3.61. The van der Waals surface area contributed by atoms with Gasteiger partial charge in [-0.3, -0.25) is 4.79 Å². The van der Waals surface area contributed by atoms with Crippen LogP contribution in [0.1, 0.15) is 35.2 Å². The fourth-order valence-electron chi connectivity index (χ4n) is 3.54. The predicted molar refractivity (Wildman–Crippen MR) is 77.9 cm³/mol. The second kappa shape index (κ2) is 5.85. The molecule has 1 saturated heterocycles. The average Bonchev–Trinajstić information content (AvgIpc) is 3.08. The molecule has 1 amide bonds. The summed E-state index contributed by atoms with van der Waals surface area (Å²) in [5.41, 5.74) is 1.17. The number of hydrogen-bond acceptors (Lipinski definition) is 3. The topological polar surface area (TPSA) is 78.4 Å². The van der Waals surface area contributed by atoms with E-state index in [2.05, 4.69) is 10.6 Å². The fraction of sp³-hybridized carbons (Fsp3) is 0.500. The van der Waals surface area contributed by atoms with Crippen molar-refractivity contribution in [2.45, 2.75) is 31.8 Å². The van der Waals surface area contributed by atoms with E-state index in [1.54, 1.807) is 24.3 Å². The summed E-state index contributed by atoms with van der Waals surface area (Å²) in [5, 5.41) is 15.1. The average molecular weight is 288 g/mol. The molecule has 0 aromatic heterocycles. The normalized spacial score (nSPS) is 27.3. The molecule has 0 bridgehead atoms. The largest absolute Gasteiger partial charge is 0.478 e. The Morgan fingerprint density at radius 2 is 2.00 bits per heavy atom. The van der Waals surface area contributed by atoms with Gasteiger partial charge in [-0.05, 0) is 48.9 Å². The van der Waals surface area contributed by atoms with Gasteiger partial charge in [0.2, 0.25) is 5.91 Å². The number of rotatable bonds is 4. The van der Waals surface area contributed by atoms with E-state index in [-0.39, 0.29) is 17.5 Å². The van der Waals surface area contributed by atoms with Crippen molar-refractivity contribution in [3.8, 4) is 0 Å². The first kappa shape index (κ1) is 14.1. The predicted octanol–water partition coefficient (Wildman–Crippen LogP) is 1.39. The van der Waals surface area contributed by atoms with Gasteiger partial charge in [-0.15, -0.1) is 0 Å². The van der Waals surface area contributed by atoms with Crippen LogP contribution in [0.2, 0.25) is 0 Å². The lowest BCUT2D eigenvalue weighted by Gasteiger charge is -2.17. The lowest BCUT2D eigenvalue weighted by molar-refractivity contribution is -0.123. The highest BCUT2D eigenvalue weighted by Crippen LogP contribution is 2.37. The zero-order valence-electron chi connectivity index (χ0n) is 11.8. The van der Waals surface area contributed by atoms with Crippen molar-refractivity contribution in [1.29, 1.82) is 0 Å². The monoisotopic (exact) mass is 288 g/mol. The van der Waals surface area contributed by atoms with E-state index in [0.717, 1.165) is 18.5 Å². The molecule has 2 aliphatic rings. The zero-order valence-corrected chi connectivity index (χ0v) is 11.8. The molecule has 3 rings (SSSR count). The number of hydrogen-bond donors (Lipinski definition) is 3. The second-order valence-corrected chi connectivity index (χ2v) is 5.96. The number of nitrogens with one attached hydrogen (secondary N) is 2. The summed E-state index contributed by atoms with van der Waals surface area (Å²) in [6, 6.07) is 6.54. The Balaban J connectivity index is 1.55. The molecule has 3 atom stereocenters. The van der Waals surface area contributed by atoms with E-state index in [9.17, 15) is 9.59 Å². The minimum Gasteiger partial charge on any atom is -0.478 e. The van der Waals surface area contributed by atoms with Crippen LogP contribution in [0.3, 0.4) is 0 Å². The number of carboxylic acid groups (broad SMARTS) is 1. The lowest BCUT2D eigenvalue weighted by Crippen LogP contribution is -2.43. The van der Waals surface area contributed by atoms with Crippen LogP contribution in [0.15, 0.2) is 24.3 Å². The summed E-state index contributed by atoms with van der Waals surface area (Å²) in [7, 11) is 0. The van der Waals surface area contributed by atoms with Crippen LogP contribution in [0.5, 0.6) is 0 Å². The van der Waals surface area contributed by atoms with Crippen LogP contribution in [-0.4, -0.2) is 29.6 Å². The molecule has 0 radical (unpaired) electrons. The van der Waals surface area contributed by atoms with Crippen LogP contribution in [0, 0.1) is 11.8 Å². The number of aromatic carboxylic acids is 1. The van der Waals surface area contributed by atoms with Crippen LogP contribution in [0.25, 0.3) is 0 Å². The maximum atomic E-state index is 12.3. The molecule has 1 aromatic rings. The number of carbonyl (C=O) groups is 2. The molecule has 2 fully saturated rings. The lowest BCUT2D eigenvalue weighted by atomic mass is 9.93. The molecule has 3 N–H and O–H groups in total. The summed E-state index contributed by atoms with van der Waals surface area (Å²) in [4.78, 5) is 23.0. The summed E-state index contributed by atoms with van der Waals surface area (Å²) < 4.78 is 0. The molecule has 5 heteroatoms. The maximum Gasteiger partial charge on any atom is 0.335 e. The molecular weight excluding hydrogens is 268 g/mol. The third-order valence-corrected chi connectivity index (χ3v) is 4.70. The number of carbonyl (C=O) groups excluding carboxylic acids is 1. The van der Waals surface area contributed by atoms with E-state index in [0.29, 0.717) is 18.4 Å². The van der Waals surface area contributed by atoms with Gasteiger partial charge in [-0.2, -0.15) is 0 Å². The van der Waals surface area contributed by atoms with Crippen molar-refractivity contribution in [1.82, 2.24) is 10.6 Å². The molecule has 1 aromatic carbocycles. The first-order chi connectivity index (χ1) is 10.1. The third-order valence-electron chi connectivity index (χ3n) is 4.70. The second-order valence-electron chi connectivity index (χ2n) is 5.96. The highest BCUT2D eigenvalue weighted by molar-refractivity contribution is 5.87. The summed E-state index contributed by atoms with van der Waals surface area (Å²) >= 11 is 0. The Kier molecular flexibility index (Phi) is 3.92. The first-order valence-corrected chi connectivity index (χ1v) is 7.48.